The minimum Gasteiger partial charge on any atom is -0.351 e. The van der Waals surface area contributed by atoms with E-state index in [1.807, 2.05) is 36.7 Å². The van der Waals surface area contributed by atoms with Crippen molar-refractivity contribution in [2.75, 3.05) is 18.0 Å². The SMILES string of the molecule is CCCNCc1ccc(N(CC)Cc2ccncc2)nn1. The first-order valence-corrected chi connectivity index (χ1v) is 7.50. The van der Waals surface area contributed by atoms with E-state index in [-0.39, 0.29) is 0 Å². The monoisotopic (exact) mass is 285 g/mol. The van der Waals surface area contributed by atoms with E-state index in [4.69, 9.17) is 0 Å². The van der Waals surface area contributed by atoms with Crippen molar-refractivity contribution in [3.63, 3.8) is 0 Å². The Labute approximate surface area is 126 Å². The number of nitrogens with one attached hydrogen (secondary N) is 1. The first kappa shape index (κ1) is 15.4. The Morgan fingerprint density at radius 2 is 1.86 bits per heavy atom. The van der Waals surface area contributed by atoms with Gasteiger partial charge in [-0.15, -0.1) is 5.10 Å². The Balaban J connectivity index is 1.98. The molecule has 0 amide bonds. The van der Waals surface area contributed by atoms with Gasteiger partial charge in [-0.1, -0.05) is 6.92 Å². The normalized spacial score (nSPS) is 10.6. The van der Waals surface area contributed by atoms with Crippen molar-refractivity contribution < 1.29 is 0 Å². The van der Waals surface area contributed by atoms with E-state index >= 15 is 0 Å². The van der Waals surface area contributed by atoms with Crippen LogP contribution in [0.1, 0.15) is 31.5 Å². The van der Waals surface area contributed by atoms with Gasteiger partial charge in [-0.2, -0.15) is 5.10 Å². The third-order valence-electron chi connectivity index (χ3n) is 3.27. The maximum atomic E-state index is 4.35. The number of nitrogens with zero attached hydrogens (tertiary/aromatic N) is 4. The van der Waals surface area contributed by atoms with Gasteiger partial charge in [-0.3, -0.25) is 4.98 Å². The van der Waals surface area contributed by atoms with Gasteiger partial charge in [-0.05, 0) is 49.7 Å². The lowest BCUT2D eigenvalue weighted by molar-refractivity contribution is 0.655. The molecule has 0 saturated carbocycles. The van der Waals surface area contributed by atoms with Crippen molar-refractivity contribution >= 4 is 5.82 Å². The number of anilines is 1. The third-order valence-corrected chi connectivity index (χ3v) is 3.27. The van der Waals surface area contributed by atoms with Crippen molar-refractivity contribution in [2.24, 2.45) is 0 Å². The molecule has 1 N–H and O–H groups in total. The summed E-state index contributed by atoms with van der Waals surface area (Å²) in [4.78, 5) is 6.24. The molecule has 5 heteroatoms. The highest BCUT2D eigenvalue weighted by Gasteiger charge is 2.07. The second kappa shape index (κ2) is 8.32. The Kier molecular flexibility index (Phi) is 6.09. The van der Waals surface area contributed by atoms with Crippen LogP contribution < -0.4 is 10.2 Å². The second-order valence-corrected chi connectivity index (χ2v) is 4.93. The lowest BCUT2D eigenvalue weighted by Gasteiger charge is -2.21. The number of hydrogen-bond donors (Lipinski definition) is 1. The molecular formula is C16H23N5. The van der Waals surface area contributed by atoms with Gasteiger partial charge in [-0.25, -0.2) is 0 Å². The van der Waals surface area contributed by atoms with Gasteiger partial charge >= 0.3 is 0 Å². The molecule has 0 atom stereocenters. The molecule has 2 heterocycles. The molecule has 21 heavy (non-hydrogen) atoms. The fraction of sp³-hybridized carbons (Fsp3) is 0.438. The average Bonchev–Trinajstić information content (AvgIpc) is 2.55. The highest BCUT2D eigenvalue weighted by Crippen LogP contribution is 2.13. The minimum atomic E-state index is 0.775. The summed E-state index contributed by atoms with van der Waals surface area (Å²) in [5.41, 5.74) is 2.20. The van der Waals surface area contributed by atoms with Crippen molar-refractivity contribution in [3.05, 3.63) is 47.9 Å². The molecular weight excluding hydrogens is 262 g/mol. The molecule has 0 saturated heterocycles. The molecule has 0 aliphatic rings. The molecule has 0 spiro atoms. The van der Waals surface area contributed by atoms with Crippen molar-refractivity contribution in [2.45, 2.75) is 33.4 Å². The smallest absolute Gasteiger partial charge is 0.151 e. The van der Waals surface area contributed by atoms with Crippen LogP contribution >= 0.6 is 0 Å². The molecule has 0 radical (unpaired) electrons. The summed E-state index contributed by atoms with van der Waals surface area (Å²) in [5, 5.41) is 12.0. The maximum absolute atomic E-state index is 4.35. The number of aromatic nitrogens is 3. The molecule has 0 fully saturated rings. The predicted octanol–water partition coefficient (Wildman–Crippen LogP) is 2.40. The number of hydrogen-bond acceptors (Lipinski definition) is 5. The van der Waals surface area contributed by atoms with Gasteiger partial charge in [0.05, 0.1) is 5.69 Å². The Bertz CT molecular complexity index is 512. The summed E-state index contributed by atoms with van der Waals surface area (Å²) in [6, 6.07) is 8.14. The van der Waals surface area contributed by atoms with Gasteiger partial charge in [0.15, 0.2) is 5.82 Å². The topological polar surface area (TPSA) is 53.9 Å². The first-order valence-electron chi connectivity index (χ1n) is 7.50. The Hall–Kier alpha value is -2.01. The molecule has 5 nitrogen and oxygen atoms in total. The van der Waals surface area contributed by atoms with E-state index in [1.54, 1.807) is 0 Å². The summed E-state index contributed by atoms with van der Waals surface area (Å²) < 4.78 is 0. The van der Waals surface area contributed by atoms with Crippen molar-refractivity contribution in [3.8, 4) is 0 Å². The Morgan fingerprint density at radius 3 is 2.48 bits per heavy atom. The van der Waals surface area contributed by atoms with E-state index in [2.05, 4.69) is 39.2 Å². The summed E-state index contributed by atoms with van der Waals surface area (Å²) in [7, 11) is 0. The largest absolute Gasteiger partial charge is 0.351 e. The fourth-order valence-electron chi connectivity index (χ4n) is 2.07. The van der Waals surface area contributed by atoms with E-state index in [9.17, 15) is 0 Å². The summed E-state index contributed by atoms with van der Waals surface area (Å²) >= 11 is 0. The van der Waals surface area contributed by atoms with Gasteiger partial charge in [0.25, 0.3) is 0 Å². The van der Waals surface area contributed by atoms with Crippen LogP contribution in [0.2, 0.25) is 0 Å². The zero-order chi connectivity index (χ0) is 14.9. The molecule has 0 unspecified atom stereocenters. The minimum absolute atomic E-state index is 0.775. The van der Waals surface area contributed by atoms with Gasteiger partial charge in [0.2, 0.25) is 0 Å². The quantitative estimate of drug-likeness (QED) is 0.755. The summed E-state index contributed by atoms with van der Waals surface area (Å²) in [5.74, 6) is 0.911. The highest BCUT2D eigenvalue weighted by atomic mass is 15.3. The van der Waals surface area contributed by atoms with E-state index in [0.29, 0.717) is 0 Å². The van der Waals surface area contributed by atoms with Crippen LogP contribution in [0.25, 0.3) is 0 Å². The number of rotatable bonds is 8. The second-order valence-electron chi connectivity index (χ2n) is 4.93. The molecule has 0 aliphatic carbocycles. The van der Waals surface area contributed by atoms with Crippen molar-refractivity contribution in [1.29, 1.82) is 0 Å². The lowest BCUT2D eigenvalue weighted by atomic mass is 10.2. The fourth-order valence-corrected chi connectivity index (χ4v) is 2.07. The summed E-state index contributed by atoms with van der Waals surface area (Å²) in [6.07, 6.45) is 4.76. The molecule has 2 aromatic heterocycles. The van der Waals surface area contributed by atoms with Crippen LogP contribution in [-0.4, -0.2) is 28.3 Å². The molecule has 2 aromatic rings. The third kappa shape index (κ3) is 4.79. The average molecular weight is 285 g/mol. The number of pyridine rings is 1. The standard InChI is InChI=1S/C16H23N5/c1-3-9-18-12-15-5-6-16(20-19-15)21(4-2)13-14-7-10-17-11-8-14/h5-8,10-11,18H,3-4,9,12-13H2,1-2H3. The lowest BCUT2D eigenvalue weighted by Crippen LogP contribution is -2.24. The van der Waals surface area contributed by atoms with Crippen LogP contribution in [0.5, 0.6) is 0 Å². The van der Waals surface area contributed by atoms with Crippen LogP contribution in [0.4, 0.5) is 5.82 Å². The van der Waals surface area contributed by atoms with Gasteiger partial charge in [0.1, 0.15) is 0 Å². The molecule has 2 rings (SSSR count). The van der Waals surface area contributed by atoms with E-state index in [1.165, 1.54) is 5.56 Å². The zero-order valence-electron chi connectivity index (χ0n) is 12.8. The molecule has 112 valence electrons. The zero-order valence-corrected chi connectivity index (χ0v) is 12.8. The first-order chi connectivity index (χ1) is 10.3. The van der Waals surface area contributed by atoms with E-state index in [0.717, 1.165) is 44.1 Å². The van der Waals surface area contributed by atoms with Crippen LogP contribution in [0.3, 0.4) is 0 Å². The Morgan fingerprint density at radius 1 is 1.05 bits per heavy atom. The van der Waals surface area contributed by atoms with E-state index < -0.39 is 0 Å². The summed E-state index contributed by atoms with van der Waals surface area (Å²) in [6.45, 7) is 7.77. The maximum Gasteiger partial charge on any atom is 0.151 e. The highest BCUT2D eigenvalue weighted by molar-refractivity contribution is 5.38. The van der Waals surface area contributed by atoms with Crippen molar-refractivity contribution in [1.82, 2.24) is 20.5 Å². The van der Waals surface area contributed by atoms with Crippen LogP contribution in [-0.2, 0) is 13.1 Å². The molecule has 0 aromatic carbocycles. The van der Waals surface area contributed by atoms with Gasteiger partial charge < -0.3 is 10.2 Å². The van der Waals surface area contributed by atoms with Gasteiger partial charge in [0, 0.05) is 32.0 Å². The van der Waals surface area contributed by atoms with Crippen LogP contribution in [0.15, 0.2) is 36.7 Å². The van der Waals surface area contributed by atoms with Crippen LogP contribution in [0, 0.1) is 0 Å². The molecule has 0 aliphatic heterocycles. The predicted molar refractivity (Wildman–Crippen MR) is 85.0 cm³/mol. The molecule has 0 bridgehead atoms.